The molecule has 3 N–H and O–H groups in total. The van der Waals surface area contributed by atoms with Gasteiger partial charge in [0.25, 0.3) is 10.1 Å². The van der Waals surface area contributed by atoms with Crippen LogP contribution in [0.25, 0.3) is 0 Å². The molecule has 0 fully saturated rings. The highest BCUT2D eigenvalue weighted by atomic mass is 32.2. The van der Waals surface area contributed by atoms with E-state index in [-0.39, 0.29) is 13.1 Å². The fourth-order valence-corrected chi connectivity index (χ4v) is 1.06. The smallest absolute Gasteiger partial charge is 0.265 e. The molecule has 0 heterocycles. The summed E-state index contributed by atoms with van der Waals surface area (Å²) in [6.45, 7) is 3.07. The van der Waals surface area contributed by atoms with Crippen LogP contribution in [0.1, 0.15) is 6.42 Å². The number of amides is 2. The molecule has 0 spiro atoms. The van der Waals surface area contributed by atoms with E-state index >= 15 is 0 Å². The molecule has 0 rings (SSSR count). The zero-order valence-corrected chi connectivity index (χ0v) is 8.71. The van der Waals surface area contributed by atoms with Crippen LogP contribution in [0.2, 0.25) is 0 Å². The molecule has 0 atom stereocenters. The van der Waals surface area contributed by atoms with Gasteiger partial charge in [0.2, 0.25) is 11.8 Å². The summed E-state index contributed by atoms with van der Waals surface area (Å²) in [5.41, 5.74) is 0. The Morgan fingerprint density at radius 1 is 1.33 bits per heavy atom. The summed E-state index contributed by atoms with van der Waals surface area (Å²) in [6.07, 6.45) is 0.674. The molecule has 0 saturated heterocycles. The number of hydrogen-bond acceptors (Lipinski definition) is 4. The zero-order chi connectivity index (χ0) is 11.9. The Balaban J connectivity index is 3.68. The van der Waals surface area contributed by atoms with Gasteiger partial charge < -0.3 is 10.6 Å². The van der Waals surface area contributed by atoms with E-state index in [9.17, 15) is 18.0 Å². The number of rotatable bonds is 6. The molecule has 0 saturated carbocycles. The van der Waals surface area contributed by atoms with Gasteiger partial charge in [0.15, 0.2) is 0 Å². The van der Waals surface area contributed by atoms with Crippen molar-refractivity contribution in [3.63, 3.8) is 0 Å². The van der Waals surface area contributed by atoms with E-state index in [1.807, 2.05) is 0 Å². The number of hydrogen-bond donors (Lipinski definition) is 3. The summed E-state index contributed by atoms with van der Waals surface area (Å²) in [4.78, 5) is 21.5. The fourth-order valence-electron chi connectivity index (χ4n) is 0.612. The monoisotopic (exact) mass is 236 g/mol. The van der Waals surface area contributed by atoms with Crippen molar-refractivity contribution in [2.75, 3.05) is 12.4 Å². The van der Waals surface area contributed by atoms with E-state index in [0.29, 0.717) is 0 Å². The first kappa shape index (κ1) is 13.6. The van der Waals surface area contributed by atoms with Crippen LogP contribution < -0.4 is 10.6 Å². The minimum absolute atomic E-state index is 0.116. The Bertz CT molecular complexity index is 348. The second-order valence-electron chi connectivity index (χ2n) is 2.56. The van der Waals surface area contributed by atoms with Gasteiger partial charge in [0.1, 0.15) is 0 Å². The Morgan fingerprint density at radius 3 is 2.40 bits per heavy atom. The molecular formula is C7H12N2O5S. The quantitative estimate of drug-likeness (QED) is 0.299. The Kier molecular flexibility index (Phi) is 5.57. The van der Waals surface area contributed by atoms with Gasteiger partial charge in [-0.25, -0.2) is 0 Å². The Morgan fingerprint density at radius 2 is 1.93 bits per heavy atom. The first-order valence-corrected chi connectivity index (χ1v) is 5.58. The van der Waals surface area contributed by atoms with Crippen LogP contribution in [-0.4, -0.2) is 37.2 Å². The predicted octanol–water partition coefficient (Wildman–Crippen LogP) is -1.36. The van der Waals surface area contributed by atoms with Crippen molar-refractivity contribution in [2.45, 2.75) is 6.42 Å². The normalized spacial score (nSPS) is 10.5. The molecule has 0 aromatic carbocycles. The van der Waals surface area contributed by atoms with Crippen LogP contribution in [0.15, 0.2) is 12.7 Å². The fraction of sp³-hybridized carbons (Fsp3) is 0.429. The maximum absolute atomic E-state index is 10.9. The van der Waals surface area contributed by atoms with Crippen LogP contribution >= 0.6 is 0 Å². The Labute approximate surface area is 87.3 Å². The van der Waals surface area contributed by atoms with Gasteiger partial charge in [0.05, 0.1) is 12.4 Å². The lowest BCUT2D eigenvalue weighted by atomic mass is 10.4. The second kappa shape index (κ2) is 6.14. The molecule has 0 aliphatic heterocycles. The van der Waals surface area contributed by atoms with Gasteiger partial charge in [-0.15, -0.1) is 0 Å². The van der Waals surface area contributed by atoms with E-state index in [0.717, 1.165) is 6.08 Å². The minimum Gasteiger partial charge on any atom is -0.339 e. The highest BCUT2D eigenvalue weighted by Gasteiger charge is 2.08. The van der Waals surface area contributed by atoms with Gasteiger partial charge >= 0.3 is 0 Å². The van der Waals surface area contributed by atoms with Crippen molar-refractivity contribution in [3.8, 4) is 0 Å². The lowest BCUT2D eigenvalue weighted by molar-refractivity contribution is -0.121. The van der Waals surface area contributed by atoms with Gasteiger partial charge in [-0.1, -0.05) is 6.58 Å². The molecule has 0 aliphatic carbocycles. The van der Waals surface area contributed by atoms with E-state index in [1.54, 1.807) is 0 Å². The summed E-state index contributed by atoms with van der Waals surface area (Å²) in [6, 6.07) is 0. The molecule has 7 nitrogen and oxygen atoms in total. The van der Waals surface area contributed by atoms with E-state index < -0.39 is 27.7 Å². The van der Waals surface area contributed by atoms with E-state index in [2.05, 4.69) is 17.2 Å². The average molecular weight is 236 g/mol. The van der Waals surface area contributed by atoms with Crippen LogP contribution in [0.4, 0.5) is 0 Å². The van der Waals surface area contributed by atoms with Gasteiger partial charge in [-0.05, 0) is 6.08 Å². The summed E-state index contributed by atoms with van der Waals surface area (Å²) in [7, 11) is -4.13. The minimum atomic E-state index is -4.13. The predicted molar refractivity (Wildman–Crippen MR) is 52.4 cm³/mol. The van der Waals surface area contributed by atoms with Gasteiger partial charge in [-0.3, -0.25) is 14.1 Å². The molecule has 0 bridgehead atoms. The Hall–Kier alpha value is -1.41. The third kappa shape index (κ3) is 8.91. The first-order valence-electron chi connectivity index (χ1n) is 3.97. The molecule has 0 unspecified atom stereocenters. The molecule has 0 aliphatic rings. The van der Waals surface area contributed by atoms with E-state index in [1.165, 1.54) is 0 Å². The largest absolute Gasteiger partial charge is 0.339 e. The third-order valence-electron chi connectivity index (χ3n) is 1.32. The highest BCUT2D eigenvalue weighted by molar-refractivity contribution is 7.85. The van der Waals surface area contributed by atoms with Crippen LogP contribution in [0, 0.1) is 0 Å². The summed E-state index contributed by atoms with van der Waals surface area (Å²) >= 11 is 0. The van der Waals surface area contributed by atoms with E-state index in [4.69, 9.17) is 4.55 Å². The highest BCUT2D eigenvalue weighted by Crippen LogP contribution is 1.87. The zero-order valence-electron chi connectivity index (χ0n) is 7.89. The molecule has 0 aromatic rings. The number of carbonyl (C=O) groups is 2. The SMILES string of the molecule is C=CC(=O)NCNC(=O)CCS(=O)(=O)O. The van der Waals surface area contributed by atoms with Crippen molar-refractivity contribution in [3.05, 3.63) is 12.7 Å². The average Bonchev–Trinajstić information content (AvgIpc) is 2.13. The molecule has 8 heteroatoms. The number of carbonyl (C=O) groups excluding carboxylic acids is 2. The standard InChI is InChI=1S/C7H12N2O5S/c1-2-6(10)8-5-9-7(11)3-4-15(12,13)14/h2H,1,3-5H2,(H,8,10)(H,9,11)(H,12,13,14). The molecule has 2 amide bonds. The maximum atomic E-state index is 10.9. The van der Waals surface area contributed by atoms with Crippen LogP contribution in [0.3, 0.4) is 0 Å². The molecular weight excluding hydrogens is 224 g/mol. The molecule has 0 aromatic heterocycles. The topological polar surface area (TPSA) is 113 Å². The second-order valence-corrected chi connectivity index (χ2v) is 4.13. The van der Waals surface area contributed by atoms with Crippen molar-refractivity contribution >= 4 is 21.9 Å². The lowest BCUT2D eigenvalue weighted by Crippen LogP contribution is -2.37. The lowest BCUT2D eigenvalue weighted by Gasteiger charge is -2.04. The van der Waals surface area contributed by atoms with Gasteiger partial charge in [0, 0.05) is 6.42 Å². The first-order chi connectivity index (χ1) is 6.85. The third-order valence-corrected chi connectivity index (χ3v) is 2.04. The van der Waals surface area contributed by atoms with Crippen molar-refractivity contribution in [2.24, 2.45) is 0 Å². The van der Waals surface area contributed by atoms with Crippen LogP contribution in [-0.2, 0) is 19.7 Å². The number of nitrogens with one attached hydrogen (secondary N) is 2. The van der Waals surface area contributed by atoms with Crippen LogP contribution in [0.5, 0.6) is 0 Å². The maximum Gasteiger partial charge on any atom is 0.265 e. The summed E-state index contributed by atoms with van der Waals surface area (Å²) < 4.78 is 28.8. The van der Waals surface area contributed by atoms with Crippen molar-refractivity contribution < 1.29 is 22.6 Å². The van der Waals surface area contributed by atoms with Crippen molar-refractivity contribution in [1.29, 1.82) is 0 Å². The van der Waals surface area contributed by atoms with Crippen molar-refractivity contribution in [1.82, 2.24) is 10.6 Å². The molecule has 15 heavy (non-hydrogen) atoms. The van der Waals surface area contributed by atoms with Gasteiger partial charge in [-0.2, -0.15) is 8.42 Å². The molecule has 86 valence electrons. The summed E-state index contributed by atoms with van der Waals surface area (Å²) in [5.74, 6) is -1.68. The molecule has 0 radical (unpaired) electrons. The summed E-state index contributed by atoms with van der Waals surface area (Å²) in [5, 5.41) is 4.49.